The number of amides is 1. The van der Waals surface area contributed by atoms with Gasteiger partial charge in [0.05, 0.1) is 5.75 Å². The fourth-order valence-electron chi connectivity index (χ4n) is 3.34. The summed E-state index contributed by atoms with van der Waals surface area (Å²) in [6.45, 7) is 2.91. The highest BCUT2D eigenvalue weighted by Crippen LogP contribution is 2.28. The van der Waals surface area contributed by atoms with Crippen molar-refractivity contribution in [2.75, 3.05) is 17.2 Å². The lowest BCUT2D eigenvalue weighted by molar-refractivity contribution is -0.116. The molecule has 0 radical (unpaired) electrons. The Kier molecular flexibility index (Phi) is 5.25. The molecule has 1 aromatic heterocycles. The number of nitrogens with zero attached hydrogens (tertiary/aromatic N) is 3. The van der Waals surface area contributed by atoms with Gasteiger partial charge in [0.25, 0.3) is 0 Å². The first-order chi connectivity index (χ1) is 13.2. The van der Waals surface area contributed by atoms with Gasteiger partial charge in [-0.3, -0.25) is 9.89 Å². The van der Waals surface area contributed by atoms with Gasteiger partial charge in [-0.2, -0.15) is 0 Å². The summed E-state index contributed by atoms with van der Waals surface area (Å²) in [5.41, 5.74) is 4.59. The molecule has 2 heterocycles. The van der Waals surface area contributed by atoms with E-state index in [-0.39, 0.29) is 5.91 Å². The van der Waals surface area contributed by atoms with Crippen LogP contribution >= 0.6 is 11.8 Å². The van der Waals surface area contributed by atoms with E-state index in [0.29, 0.717) is 10.9 Å². The summed E-state index contributed by atoms with van der Waals surface area (Å²) in [5.74, 6) is 1.17. The van der Waals surface area contributed by atoms with E-state index in [2.05, 4.69) is 40.3 Å². The van der Waals surface area contributed by atoms with E-state index in [1.54, 1.807) is 0 Å². The molecule has 0 atom stereocenters. The topological polar surface area (TPSA) is 61.9 Å². The number of aromatic amines is 1. The molecule has 0 spiro atoms. The van der Waals surface area contributed by atoms with Gasteiger partial charge in [-0.15, -0.1) is 5.10 Å². The predicted molar refractivity (Wildman–Crippen MR) is 109 cm³/mol. The molecule has 27 heavy (non-hydrogen) atoms. The fraction of sp³-hybridized carbons (Fsp3) is 0.286. The van der Waals surface area contributed by atoms with E-state index in [9.17, 15) is 4.79 Å². The van der Waals surface area contributed by atoms with Crippen LogP contribution in [0, 0.1) is 0 Å². The first-order valence-electron chi connectivity index (χ1n) is 9.27. The molecule has 3 aromatic rings. The van der Waals surface area contributed by atoms with E-state index in [4.69, 9.17) is 0 Å². The number of hydrogen-bond donors (Lipinski definition) is 1. The van der Waals surface area contributed by atoms with Gasteiger partial charge in [0.1, 0.15) is 0 Å². The Morgan fingerprint density at radius 3 is 2.81 bits per heavy atom. The average Bonchev–Trinajstić information content (AvgIpc) is 3.20. The smallest absolute Gasteiger partial charge is 0.237 e. The normalized spacial score (nSPS) is 13.4. The summed E-state index contributed by atoms with van der Waals surface area (Å²) in [6, 6.07) is 16.4. The number of rotatable bonds is 5. The molecule has 1 aliphatic rings. The third-order valence-corrected chi connectivity index (χ3v) is 5.67. The van der Waals surface area contributed by atoms with Gasteiger partial charge in [0, 0.05) is 17.8 Å². The van der Waals surface area contributed by atoms with Crippen molar-refractivity contribution in [2.45, 2.75) is 31.3 Å². The zero-order valence-corrected chi connectivity index (χ0v) is 16.1. The van der Waals surface area contributed by atoms with E-state index < -0.39 is 0 Å². The first kappa shape index (κ1) is 17.8. The standard InChI is InChI=1S/C21H22N4OS/c1-2-15-9-11-17(12-10-15)20-22-21(24-23-20)27-14-19(26)25-13-5-7-16-6-3-4-8-18(16)25/h3-4,6,8-12H,2,5,7,13-14H2,1H3,(H,22,23,24). The van der Waals surface area contributed by atoms with Gasteiger partial charge >= 0.3 is 0 Å². The second-order valence-electron chi connectivity index (χ2n) is 6.58. The molecule has 6 heteroatoms. The Labute approximate surface area is 163 Å². The summed E-state index contributed by atoms with van der Waals surface area (Å²) in [6.07, 6.45) is 3.06. The number of benzene rings is 2. The molecule has 2 aromatic carbocycles. The Balaban J connectivity index is 1.41. The number of thioether (sulfide) groups is 1. The molecule has 138 valence electrons. The highest BCUT2D eigenvalue weighted by Gasteiger charge is 2.22. The van der Waals surface area contributed by atoms with Crippen molar-refractivity contribution in [3.8, 4) is 11.4 Å². The summed E-state index contributed by atoms with van der Waals surface area (Å²) in [4.78, 5) is 19.1. The molecular formula is C21H22N4OS. The molecule has 1 amide bonds. The highest BCUT2D eigenvalue weighted by atomic mass is 32.2. The van der Waals surface area contributed by atoms with Gasteiger partial charge in [-0.05, 0) is 36.5 Å². The van der Waals surface area contributed by atoms with Crippen molar-refractivity contribution in [1.29, 1.82) is 0 Å². The van der Waals surface area contributed by atoms with Crippen molar-refractivity contribution in [2.24, 2.45) is 0 Å². The minimum atomic E-state index is 0.103. The Morgan fingerprint density at radius 2 is 2.00 bits per heavy atom. The van der Waals surface area contributed by atoms with Crippen LogP contribution in [0.4, 0.5) is 5.69 Å². The molecule has 0 fully saturated rings. The molecule has 0 saturated heterocycles. The second-order valence-corrected chi connectivity index (χ2v) is 7.53. The summed E-state index contributed by atoms with van der Waals surface area (Å²) in [5, 5.41) is 7.82. The first-order valence-corrected chi connectivity index (χ1v) is 10.3. The summed E-state index contributed by atoms with van der Waals surface area (Å²) in [7, 11) is 0. The number of anilines is 1. The maximum absolute atomic E-state index is 12.7. The maximum Gasteiger partial charge on any atom is 0.237 e. The molecule has 0 aliphatic carbocycles. The number of carbonyl (C=O) groups excluding carboxylic acids is 1. The summed E-state index contributed by atoms with van der Waals surface area (Å²) < 4.78 is 0. The van der Waals surface area contributed by atoms with Crippen LogP contribution in [-0.4, -0.2) is 33.4 Å². The Morgan fingerprint density at radius 1 is 1.19 bits per heavy atom. The lowest BCUT2D eigenvalue weighted by atomic mass is 10.0. The van der Waals surface area contributed by atoms with Gasteiger partial charge in [0.15, 0.2) is 5.82 Å². The van der Waals surface area contributed by atoms with Crippen molar-refractivity contribution in [3.05, 3.63) is 59.7 Å². The summed E-state index contributed by atoms with van der Waals surface area (Å²) >= 11 is 1.38. The van der Waals surface area contributed by atoms with Gasteiger partial charge in [-0.1, -0.05) is 61.2 Å². The molecule has 5 nitrogen and oxygen atoms in total. The molecule has 0 unspecified atom stereocenters. The molecule has 1 aliphatic heterocycles. The second kappa shape index (κ2) is 7.96. The zero-order chi connectivity index (χ0) is 18.6. The van der Waals surface area contributed by atoms with Crippen molar-refractivity contribution in [1.82, 2.24) is 15.2 Å². The van der Waals surface area contributed by atoms with Crippen molar-refractivity contribution >= 4 is 23.4 Å². The highest BCUT2D eigenvalue weighted by molar-refractivity contribution is 7.99. The van der Waals surface area contributed by atoms with E-state index in [0.717, 1.165) is 42.9 Å². The number of aromatic nitrogens is 3. The van der Waals surface area contributed by atoms with Crippen LogP contribution in [0.25, 0.3) is 11.4 Å². The Hall–Kier alpha value is -2.60. The minimum Gasteiger partial charge on any atom is -0.311 e. The molecule has 1 N–H and O–H groups in total. The quantitative estimate of drug-likeness (QED) is 0.679. The van der Waals surface area contributed by atoms with Crippen molar-refractivity contribution in [3.63, 3.8) is 0 Å². The third-order valence-electron chi connectivity index (χ3n) is 4.84. The monoisotopic (exact) mass is 378 g/mol. The predicted octanol–water partition coefficient (Wildman–Crippen LogP) is 4.11. The van der Waals surface area contributed by atoms with Crippen LogP contribution in [0.15, 0.2) is 53.7 Å². The number of H-pyrrole nitrogens is 1. The molecule has 0 bridgehead atoms. The average molecular weight is 379 g/mol. The maximum atomic E-state index is 12.7. The largest absolute Gasteiger partial charge is 0.311 e. The van der Waals surface area contributed by atoms with Crippen LogP contribution in [-0.2, 0) is 17.6 Å². The Bertz CT molecular complexity index is 935. The van der Waals surface area contributed by atoms with E-state index in [1.165, 1.54) is 22.9 Å². The van der Waals surface area contributed by atoms with E-state index >= 15 is 0 Å². The lowest BCUT2D eigenvalue weighted by Gasteiger charge is -2.29. The number of hydrogen-bond acceptors (Lipinski definition) is 4. The van der Waals surface area contributed by atoms with Gasteiger partial charge in [-0.25, -0.2) is 4.98 Å². The molecule has 4 rings (SSSR count). The minimum absolute atomic E-state index is 0.103. The van der Waals surface area contributed by atoms with Gasteiger partial charge < -0.3 is 4.90 Å². The van der Waals surface area contributed by atoms with Crippen LogP contribution in [0.3, 0.4) is 0 Å². The number of fused-ring (bicyclic) bond motifs is 1. The fourth-order valence-corrected chi connectivity index (χ4v) is 4.01. The van der Waals surface area contributed by atoms with Crippen LogP contribution in [0.2, 0.25) is 0 Å². The number of para-hydroxylation sites is 1. The lowest BCUT2D eigenvalue weighted by Crippen LogP contribution is -2.36. The molecule has 0 saturated carbocycles. The van der Waals surface area contributed by atoms with Crippen LogP contribution in [0.1, 0.15) is 24.5 Å². The number of nitrogens with one attached hydrogen (secondary N) is 1. The number of carbonyl (C=O) groups is 1. The van der Waals surface area contributed by atoms with Crippen LogP contribution < -0.4 is 4.90 Å². The van der Waals surface area contributed by atoms with E-state index in [1.807, 2.05) is 35.2 Å². The van der Waals surface area contributed by atoms with Crippen LogP contribution in [0.5, 0.6) is 0 Å². The van der Waals surface area contributed by atoms with Crippen molar-refractivity contribution < 1.29 is 4.79 Å². The third kappa shape index (κ3) is 3.90. The molecular weight excluding hydrogens is 356 g/mol. The van der Waals surface area contributed by atoms with Gasteiger partial charge in [0.2, 0.25) is 11.1 Å². The SMILES string of the molecule is CCc1ccc(-c2nc(SCC(=O)N3CCCc4ccccc43)n[nH]2)cc1. The zero-order valence-electron chi connectivity index (χ0n) is 15.3. The number of aryl methyl sites for hydroxylation is 2.